The van der Waals surface area contributed by atoms with Crippen LogP contribution in [-0.2, 0) is 0 Å². The van der Waals surface area contributed by atoms with E-state index >= 15 is 0 Å². The van der Waals surface area contributed by atoms with Gasteiger partial charge in [-0.3, -0.25) is 0 Å². The van der Waals surface area contributed by atoms with Crippen LogP contribution in [0, 0.1) is 18.8 Å². The molecule has 3 rings (SSSR count). The summed E-state index contributed by atoms with van der Waals surface area (Å²) in [5, 5.41) is 7.54. The fraction of sp³-hybridized carbons (Fsp3) is 0.533. The molecule has 0 spiro atoms. The van der Waals surface area contributed by atoms with Gasteiger partial charge in [0.05, 0.1) is 0 Å². The van der Waals surface area contributed by atoms with Crippen molar-refractivity contribution < 1.29 is 0 Å². The summed E-state index contributed by atoms with van der Waals surface area (Å²) < 4.78 is 0. The molecule has 0 amide bonds. The number of nitrogens with one attached hydrogen (secondary N) is 2. The highest BCUT2D eigenvalue weighted by atomic mass is 32.1. The maximum absolute atomic E-state index is 5.40. The molecule has 0 aromatic heterocycles. The van der Waals surface area contributed by atoms with Gasteiger partial charge in [0.15, 0.2) is 5.11 Å². The Bertz CT molecular complexity index is 440. The number of thiocarbonyl (C=S) groups is 1. The molecule has 0 aliphatic heterocycles. The van der Waals surface area contributed by atoms with E-state index in [-0.39, 0.29) is 0 Å². The SMILES string of the molecule is Cc1ccc(NC(=S)N[C@H]2C[C@H]3CC[C@H]2C3)cc1. The lowest BCUT2D eigenvalue weighted by atomic mass is 9.96. The smallest absolute Gasteiger partial charge is 0.171 e. The monoisotopic (exact) mass is 260 g/mol. The molecule has 0 heterocycles. The highest BCUT2D eigenvalue weighted by Crippen LogP contribution is 2.44. The van der Waals surface area contributed by atoms with E-state index in [2.05, 4.69) is 41.8 Å². The van der Waals surface area contributed by atoms with Gasteiger partial charge in [-0.15, -0.1) is 0 Å². The average Bonchev–Trinajstić information content (AvgIpc) is 2.94. The molecule has 2 saturated carbocycles. The van der Waals surface area contributed by atoms with E-state index in [4.69, 9.17) is 12.2 Å². The van der Waals surface area contributed by atoms with Gasteiger partial charge in [0, 0.05) is 11.7 Å². The summed E-state index contributed by atoms with van der Waals surface area (Å²) in [4.78, 5) is 0. The van der Waals surface area contributed by atoms with Crippen molar-refractivity contribution in [3.8, 4) is 0 Å². The van der Waals surface area contributed by atoms with Crippen LogP contribution in [0.1, 0.15) is 31.2 Å². The van der Waals surface area contributed by atoms with Crippen LogP contribution in [-0.4, -0.2) is 11.2 Å². The largest absolute Gasteiger partial charge is 0.359 e. The maximum atomic E-state index is 5.40. The van der Waals surface area contributed by atoms with Gasteiger partial charge < -0.3 is 10.6 Å². The van der Waals surface area contributed by atoms with Crippen LogP contribution in [0.4, 0.5) is 5.69 Å². The van der Waals surface area contributed by atoms with Gasteiger partial charge >= 0.3 is 0 Å². The minimum absolute atomic E-state index is 0.606. The number of rotatable bonds is 2. The molecule has 2 nitrogen and oxygen atoms in total. The summed E-state index contributed by atoms with van der Waals surface area (Å²) in [7, 11) is 0. The number of anilines is 1. The van der Waals surface area contributed by atoms with Crippen molar-refractivity contribution in [3.05, 3.63) is 29.8 Å². The maximum Gasteiger partial charge on any atom is 0.171 e. The van der Waals surface area contributed by atoms with Gasteiger partial charge in [-0.05, 0) is 62.4 Å². The van der Waals surface area contributed by atoms with Crippen molar-refractivity contribution in [3.63, 3.8) is 0 Å². The number of aryl methyl sites for hydroxylation is 1. The second-order valence-corrected chi connectivity index (χ2v) is 6.15. The summed E-state index contributed by atoms with van der Waals surface area (Å²) in [6.45, 7) is 2.09. The summed E-state index contributed by atoms with van der Waals surface area (Å²) in [5.41, 5.74) is 2.34. The molecule has 18 heavy (non-hydrogen) atoms. The molecular formula is C15H20N2S. The lowest BCUT2D eigenvalue weighted by Gasteiger charge is -2.24. The molecule has 3 atom stereocenters. The van der Waals surface area contributed by atoms with E-state index in [1.54, 1.807) is 0 Å². The zero-order valence-electron chi connectivity index (χ0n) is 10.8. The summed E-state index contributed by atoms with van der Waals surface area (Å²) in [6, 6.07) is 8.95. The summed E-state index contributed by atoms with van der Waals surface area (Å²) in [5.74, 6) is 1.81. The van der Waals surface area contributed by atoms with Crippen LogP contribution in [0.25, 0.3) is 0 Å². The number of hydrogen-bond donors (Lipinski definition) is 2. The van der Waals surface area contributed by atoms with E-state index in [1.165, 1.54) is 31.2 Å². The van der Waals surface area contributed by atoms with E-state index < -0.39 is 0 Å². The first kappa shape index (κ1) is 12.0. The van der Waals surface area contributed by atoms with E-state index in [9.17, 15) is 0 Å². The molecule has 1 aromatic carbocycles. The number of hydrogen-bond acceptors (Lipinski definition) is 1. The third-order valence-electron chi connectivity index (χ3n) is 4.36. The molecule has 2 aliphatic rings. The Morgan fingerprint density at radius 1 is 1.17 bits per heavy atom. The third-order valence-corrected chi connectivity index (χ3v) is 4.58. The first-order valence-corrected chi connectivity index (χ1v) is 7.26. The number of benzene rings is 1. The van der Waals surface area contributed by atoms with Crippen molar-refractivity contribution >= 4 is 23.0 Å². The van der Waals surface area contributed by atoms with Crippen LogP contribution < -0.4 is 10.6 Å². The zero-order chi connectivity index (χ0) is 12.5. The van der Waals surface area contributed by atoms with Gasteiger partial charge in [-0.25, -0.2) is 0 Å². The van der Waals surface area contributed by atoms with Crippen LogP contribution in [0.3, 0.4) is 0 Å². The first-order valence-electron chi connectivity index (χ1n) is 6.85. The van der Waals surface area contributed by atoms with Crippen molar-refractivity contribution in [1.29, 1.82) is 0 Å². The van der Waals surface area contributed by atoms with E-state index in [0.717, 1.165) is 22.6 Å². The van der Waals surface area contributed by atoms with Crippen molar-refractivity contribution in [1.82, 2.24) is 5.32 Å². The predicted octanol–water partition coefficient (Wildman–Crippen LogP) is 3.47. The Labute approximate surface area is 114 Å². The number of fused-ring (bicyclic) bond motifs is 2. The molecule has 0 saturated heterocycles. The molecule has 1 aromatic rings. The van der Waals surface area contributed by atoms with Gasteiger partial charge in [-0.2, -0.15) is 0 Å². The molecule has 3 heteroatoms. The normalized spacial score (nSPS) is 29.3. The highest BCUT2D eigenvalue weighted by Gasteiger charge is 2.39. The lowest BCUT2D eigenvalue weighted by molar-refractivity contribution is 0.392. The van der Waals surface area contributed by atoms with Crippen molar-refractivity contribution in [2.45, 2.75) is 38.6 Å². The summed E-state index contributed by atoms with van der Waals surface area (Å²) >= 11 is 5.40. The zero-order valence-corrected chi connectivity index (χ0v) is 11.6. The molecule has 0 radical (unpaired) electrons. The fourth-order valence-corrected chi connectivity index (χ4v) is 3.66. The van der Waals surface area contributed by atoms with Crippen molar-refractivity contribution in [2.75, 3.05) is 5.32 Å². The highest BCUT2D eigenvalue weighted by molar-refractivity contribution is 7.80. The Hall–Kier alpha value is -1.09. The third kappa shape index (κ3) is 2.51. The van der Waals surface area contributed by atoms with Crippen LogP contribution in [0.2, 0.25) is 0 Å². The van der Waals surface area contributed by atoms with Gasteiger partial charge in [0.25, 0.3) is 0 Å². The second kappa shape index (κ2) is 4.88. The van der Waals surface area contributed by atoms with Crippen LogP contribution in [0.15, 0.2) is 24.3 Å². The standard InChI is InChI=1S/C15H20N2S/c1-10-2-6-13(7-3-10)16-15(18)17-14-9-11-4-5-12(14)8-11/h2-3,6-7,11-12,14H,4-5,8-9H2,1H3,(H2,16,17,18)/t11-,12-,14-/m0/s1. The molecule has 2 aliphatic carbocycles. The Balaban J connectivity index is 1.54. The topological polar surface area (TPSA) is 24.1 Å². The van der Waals surface area contributed by atoms with Crippen molar-refractivity contribution in [2.24, 2.45) is 11.8 Å². The average molecular weight is 260 g/mol. The molecule has 96 valence electrons. The van der Waals surface area contributed by atoms with Gasteiger partial charge in [-0.1, -0.05) is 24.1 Å². The van der Waals surface area contributed by atoms with Crippen LogP contribution in [0.5, 0.6) is 0 Å². The molecule has 2 N–H and O–H groups in total. The minimum Gasteiger partial charge on any atom is -0.359 e. The molecule has 2 bridgehead atoms. The first-order chi connectivity index (χ1) is 8.70. The quantitative estimate of drug-likeness (QED) is 0.796. The lowest BCUT2D eigenvalue weighted by Crippen LogP contribution is -2.40. The molecule has 2 fully saturated rings. The van der Waals surface area contributed by atoms with Gasteiger partial charge in [0.2, 0.25) is 0 Å². The molecular weight excluding hydrogens is 240 g/mol. The molecule has 0 unspecified atom stereocenters. The Morgan fingerprint density at radius 2 is 1.94 bits per heavy atom. The minimum atomic E-state index is 0.606. The Morgan fingerprint density at radius 3 is 2.56 bits per heavy atom. The van der Waals surface area contributed by atoms with E-state index in [0.29, 0.717) is 6.04 Å². The summed E-state index contributed by atoms with van der Waals surface area (Å²) in [6.07, 6.45) is 5.53. The Kier molecular flexibility index (Phi) is 3.25. The fourth-order valence-electron chi connectivity index (χ4n) is 3.39. The van der Waals surface area contributed by atoms with E-state index in [1.807, 2.05) is 0 Å². The predicted molar refractivity (Wildman–Crippen MR) is 79.8 cm³/mol. The van der Waals surface area contributed by atoms with Crippen LogP contribution >= 0.6 is 12.2 Å². The second-order valence-electron chi connectivity index (χ2n) is 5.75. The van der Waals surface area contributed by atoms with Gasteiger partial charge in [0.1, 0.15) is 0 Å².